The van der Waals surface area contributed by atoms with Crippen molar-refractivity contribution in [1.29, 1.82) is 0 Å². The van der Waals surface area contributed by atoms with Crippen LogP contribution in [0, 0.1) is 0 Å². The summed E-state index contributed by atoms with van der Waals surface area (Å²) in [7, 11) is 0. The lowest BCUT2D eigenvalue weighted by Crippen LogP contribution is -2.26. The van der Waals surface area contributed by atoms with Crippen LogP contribution < -0.4 is 10.6 Å². The van der Waals surface area contributed by atoms with Crippen molar-refractivity contribution in [3.05, 3.63) is 12.4 Å². The third kappa shape index (κ3) is 4.47. The van der Waals surface area contributed by atoms with Crippen LogP contribution in [0.5, 0.6) is 0 Å². The smallest absolute Gasteiger partial charge is 0.131 e. The molecule has 0 fully saturated rings. The minimum atomic E-state index is 0.0159. The Morgan fingerprint density at radius 2 is 1.88 bits per heavy atom. The maximum atomic E-state index is 4.20. The summed E-state index contributed by atoms with van der Waals surface area (Å²) in [5.41, 5.74) is 0.0159. The van der Waals surface area contributed by atoms with Crippen LogP contribution in [-0.2, 0) is 0 Å². The van der Waals surface area contributed by atoms with Gasteiger partial charge in [0.15, 0.2) is 0 Å². The first-order valence-corrected chi connectivity index (χ1v) is 5.77. The number of nitrogens with zero attached hydrogens (tertiary/aromatic N) is 2. The Hall–Kier alpha value is -1.32. The summed E-state index contributed by atoms with van der Waals surface area (Å²) in [4.78, 5) is 8.39. The Balaban J connectivity index is 2.71. The van der Waals surface area contributed by atoms with Gasteiger partial charge in [0.05, 0.1) is 0 Å². The Bertz CT molecular complexity index is 330. The molecular weight excluding hydrogens is 200 g/mol. The van der Waals surface area contributed by atoms with Gasteiger partial charge >= 0.3 is 0 Å². The second kappa shape index (κ2) is 5.14. The van der Waals surface area contributed by atoms with Crippen LogP contribution in [0.15, 0.2) is 12.4 Å². The van der Waals surface area contributed by atoms with E-state index < -0.39 is 0 Å². The average Bonchev–Trinajstić information content (AvgIpc) is 2.15. The van der Waals surface area contributed by atoms with Crippen molar-refractivity contribution in [3.63, 3.8) is 0 Å². The quantitative estimate of drug-likeness (QED) is 0.822. The molecule has 4 heteroatoms. The first-order valence-electron chi connectivity index (χ1n) is 5.77. The van der Waals surface area contributed by atoms with Gasteiger partial charge in [-0.3, -0.25) is 0 Å². The van der Waals surface area contributed by atoms with Gasteiger partial charge < -0.3 is 10.6 Å². The van der Waals surface area contributed by atoms with Crippen molar-refractivity contribution in [3.8, 4) is 0 Å². The van der Waals surface area contributed by atoms with E-state index in [-0.39, 0.29) is 5.54 Å². The molecule has 2 N–H and O–H groups in total. The summed E-state index contributed by atoms with van der Waals surface area (Å²) >= 11 is 0. The highest BCUT2D eigenvalue weighted by Gasteiger charge is 2.10. The van der Waals surface area contributed by atoms with E-state index in [1.165, 1.54) is 0 Å². The fourth-order valence-electron chi connectivity index (χ4n) is 1.24. The highest BCUT2D eigenvalue weighted by atomic mass is 15.1. The first kappa shape index (κ1) is 12.7. The Labute approximate surface area is 97.9 Å². The molecule has 1 rings (SSSR count). The molecule has 1 atom stereocenters. The minimum absolute atomic E-state index is 0.0159. The molecule has 1 unspecified atom stereocenters. The number of hydrogen-bond donors (Lipinski definition) is 2. The normalized spacial score (nSPS) is 13.3. The van der Waals surface area contributed by atoms with E-state index in [0.717, 1.165) is 18.1 Å². The molecule has 0 spiro atoms. The zero-order valence-corrected chi connectivity index (χ0v) is 10.8. The van der Waals surface area contributed by atoms with E-state index >= 15 is 0 Å². The van der Waals surface area contributed by atoms with Crippen molar-refractivity contribution < 1.29 is 0 Å². The third-order valence-electron chi connectivity index (χ3n) is 2.18. The van der Waals surface area contributed by atoms with E-state index in [1.54, 1.807) is 6.33 Å². The summed E-state index contributed by atoms with van der Waals surface area (Å²) in [6, 6.07) is 2.37. The number of rotatable bonds is 4. The molecule has 4 nitrogen and oxygen atoms in total. The number of hydrogen-bond acceptors (Lipinski definition) is 4. The summed E-state index contributed by atoms with van der Waals surface area (Å²) < 4.78 is 0. The summed E-state index contributed by atoms with van der Waals surface area (Å²) in [6.07, 6.45) is 2.66. The first-order chi connectivity index (χ1) is 7.40. The molecule has 0 saturated heterocycles. The van der Waals surface area contributed by atoms with Crippen molar-refractivity contribution in [1.82, 2.24) is 9.97 Å². The van der Waals surface area contributed by atoms with E-state index in [4.69, 9.17) is 0 Å². The van der Waals surface area contributed by atoms with Crippen LogP contribution in [0.25, 0.3) is 0 Å². The lowest BCUT2D eigenvalue weighted by molar-refractivity contribution is 0.630. The molecule has 1 aromatic heterocycles. The number of aromatic nitrogens is 2. The standard InChI is InChI=1S/C12H22N4/c1-6-9(2)15-10-7-11(14-8-13-10)16-12(3,4)5/h7-9H,6H2,1-5H3,(H2,13,14,15,16). The Morgan fingerprint density at radius 3 is 2.44 bits per heavy atom. The SMILES string of the molecule is CCC(C)Nc1cc(NC(C)(C)C)ncn1. The molecule has 16 heavy (non-hydrogen) atoms. The fraction of sp³-hybridized carbons (Fsp3) is 0.667. The zero-order valence-electron chi connectivity index (χ0n) is 10.8. The van der Waals surface area contributed by atoms with Gasteiger partial charge in [0.2, 0.25) is 0 Å². The maximum absolute atomic E-state index is 4.20. The summed E-state index contributed by atoms with van der Waals surface area (Å²) in [5.74, 6) is 1.73. The predicted octanol–water partition coefficient (Wildman–Crippen LogP) is 2.90. The van der Waals surface area contributed by atoms with Gasteiger partial charge in [0, 0.05) is 17.6 Å². The molecule has 0 aliphatic heterocycles. The Morgan fingerprint density at radius 1 is 1.25 bits per heavy atom. The molecule has 0 aliphatic rings. The van der Waals surface area contributed by atoms with E-state index in [1.807, 2.05) is 6.07 Å². The monoisotopic (exact) mass is 222 g/mol. The molecule has 90 valence electrons. The molecule has 0 saturated carbocycles. The van der Waals surface area contributed by atoms with Gasteiger partial charge in [0.25, 0.3) is 0 Å². The molecule has 0 aromatic carbocycles. The second-order valence-corrected chi connectivity index (χ2v) is 5.12. The molecule has 0 amide bonds. The van der Waals surface area contributed by atoms with E-state index in [0.29, 0.717) is 6.04 Å². The van der Waals surface area contributed by atoms with E-state index in [9.17, 15) is 0 Å². The topological polar surface area (TPSA) is 49.8 Å². The number of nitrogens with one attached hydrogen (secondary N) is 2. The van der Waals surface area contributed by atoms with Crippen molar-refractivity contribution in [2.45, 2.75) is 52.6 Å². The molecule has 1 heterocycles. The van der Waals surface area contributed by atoms with Crippen molar-refractivity contribution >= 4 is 11.6 Å². The van der Waals surface area contributed by atoms with Gasteiger partial charge in [-0.1, -0.05) is 6.92 Å². The summed E-state index contributed by atoms with van der Waals surface area (Å²) in [5, 5.41) is 6.65. The maximum Gasteiger partial charge on any atom is 0.131 e. The van der Waals surface area contributed by atoms with Gasteiger partial charge in [-0.05, 0) is 34.1 Å². The van der Waals surface area contributed by atoms with Crippen LogP contribution >= 0.6 is 0 Å². The highest BCUT2D eigenvalue weighted by Crippen LogP contribution is 2.15. The lowest BCUT2D eigenvalue weighted by Gasteiger charge is -2.21. The summed E-state index contributed by atoms with van der Waals surface area (Å²) in [6.45, 7) is 10.6. The van der Waals surface area contributed by atoms with Gasteiger partial charge in [0.1, 0.15) is 18.0 Å². The highest BCUT2D eigenvalue weighted by molar-refractivity contribution is 5.47. The average molecular weight is 222 g/mol. The molecule has 0 aliphatic carbocycles. The molecule has 0 bridgehead atoms. The predicted molar refractivity (Wildman–Crippen MR) is 68.8 cm³/mol. The van der Waals surface area contributed by atoms with Crippen LogP contribution in [-0.4, -0.2) is 21.5 Å². The van der Waals surface area contributed by atoms with Crippen LogP contribution in [0.1, 0.15) is 41.0 Å². The minimum Gasteiger partial charge on any atom is -0.367 e. The molecule has 1 aromatic rings. The Kier molecular flexibility index (Phi) is 4.10. The van der Waals surface area contributed by atoms with Crippen molar-refractivity contribution in [2.24, 2.45) is 0 Å². The van der Waals surface area contributed by atoms with E-state index in [2.05, 4.69) is 55.2 Å². The number of anilines is 2. The van der Waals surface area contributed by atoms with Crippen LogP contribution in [0.2, 0.25) is 0 Å². The van der Waals surface area contributed by atoms with Crippen molar-refractivity contribution in [2.75, 3.05) is 10.6 Å². The zero-order chi connectivity index (χ0) is 12.2. The van der Waals surface area contributed by atoms with Crippen LogP contribution in [0.3, 0.4) is 0 Å². The van der Waals surface area contributed by atoms with Gasteiger partial charge in [-0.25, -0.2) is 9.97 Å². The van der Waals surface area contributed by atoms with Crippen LogP contribution in [0.4, 0.5) is 11.6 Å². The largest absolute Gasteiger partial charge is 0.367 e. The van der Waals surface area contributed by atoms with Gasteiger partial charge in [-0.15, -0.1) is 0 Å². The fourth-order valence-corrected chi connectivity index (χ4v) is 1.24. The second-order valence-electron chi connectivity index (χ2n) is 5.12. The molecule has 0 radical (unpaired) electrons. The molecular formula is C12H22N4. The van der Waals surface area contributed by atoms with Gasteiger partial charge in [-0.2, -0.15) is 0 Å². The third-order valence-corrected chi connectivity index (χ3v) is 2.18. The lowest BCUT2D eigenvalue weighted by atomic mass is 10.1.